The number of phenols is 1. The number of phenolic OH excluding ortho intramolecular Hbond substituents is 1. The van der Waals surface area contributed by atoms with Gasteiger partial charge in [0.2, 0.25) is 11.6 Å². The fourth-order valence-electron chi connectivity index (χ4n) is 5.77. The van der Waals surface area contributed by atoms with Crippen LogP contribution in [0.25, 0.3) is 5.76 Å². The normalized spacial score (nSPS) is 33.4. The zero-order valence-corrected chi connectivity index (χ0v) is 17.0. The van der Waals surface area contributed by atoms with Gasteiger partial charge in [0.1, 0.15) is 17.3 Å². The molecular weight excluding hydrogens is 421 g/mol. The first-order valence-electron chi connectivity index (χ1n) is 10.6. The summed E-state index contributed by atoms with van der Waals surface area (Å²) in [5.41, 5.74) is -3.41. The summed E-state index contributed by atoms with van der Waals surface area (Å²) in [6.45, 7) is 0.723. The first-order chi connectivity index (χ1) is 15.2. The molecule has 4 aliphatic rings. The molecule has 1 saturated heterocycles. The van der Waals surface area contributed by atoms with Crippen LogP contribution >= 0.6 is 0 Å². The average Bonchev–Trinajstić information content (AvgIpc) is 3.28. The van der Waals surface area contributed by atoms with Crippen molar-refractivity contribution in [1.29, 1.82) is 0 Å². The van der Waals surface area contributed by atoms with Crippen LogP contribution in [0.5, 0.6) is 5.75 Å². The molecule has 3 fully saturated rings. The number of fused-ring (bicyclic) bond motifs is 3. The number of aromatic hydroxyl groups is 1. The maximum absolute atomic E-state index is 15.5. The van der Waals surface area contributed by atoms with Gasteiger partial charge >= 0.3 is 0 Å². The van der Waals surface area contributed by atoms with Gasteiger partial charge < -0.3 is 25.7 Å². The van der Waals surface area contributed by atoms with E-state index >= 15 is 4.39 Å². The molecule has 2 saturated carbocycles. The fraction of sp³-hybridized carbons (Fsp3) is 0.435. The molecule has 4 atom stereocenters. The van der Waals surface area contributed by atoms with Crippen LogP contribution in [0, 0.1) is 17.7 Å². The minimum Gasteiger partial charge on any atom is -0.515 e. The van der Waals surface area contributed by atoms with Crippen molar-refractivity contribution in [2.75, 3.05) is 6.54 Å². The number of hydrogen-bond donors (Lipinski definition) is 5. The lowest BCUT2D eigenvalue weighted by atomic mass is 9.58. The lowest BCUT2D eigenvalue weighted by molar-refractivity contribution is -0.160. The second-order valence-corrected chi connectivity index (χ2v) is 8.99. The van der Waals surface area contributed by atoms with Gasteiger partial charge in [-0.25, -0.2) is 4.39 Å². The molecule has 2 unspecified atom stereocenters. The van der Waals surface area contributed by atoms with E-state index in [0.717, 1.165) is 13.0 Å². The number of benzene rings is 1. The molecule has 5 rings (SSSR count). The number of Topliss-reactive ketones (excluding diaryl/α,β-unsaturated/α-hetero) is 3. The number of nitrogens with one attached hydrogen (secondary N) is 1. The van der Waals surface area contributed by atoms with Crippen LogP contribution < -0.4 is 5.32 Å². The van der Waals surface area contributed by atoms with Crippen LogP contribution in [0.15, 0.2) is 23.5 Å². The van der Waals surface area contributed by atoms with E-state index in [1.807, 2.05) is 0 Å². The molecule has 1 heterocycles. The van der Waals surface area contributed by atoms with E-state index in [1.54, 1.807) is 0 Å². The molecule has 1 aliphatic heterocycles. The van der Waals surface area contributed by atoms with Gasteiger partial charge in [0, 0.05) is 35.1 Å². The molecule has 0 amide bonds. The van der Waals surface area contributed by atoms with E-state index in [2.05, 4.69) is 5.32 Å². The molecule has 1 aromatic rings. The van der Waals surface area contributed by atoms with Crippen molar-refractivity contribution in [3.8, 4) is 5.75 Å². The summed E-state index contributed by atoms with van der Waals surface area (Å²) in [7, 11) is 0. The van der Waals surface area contributed by atoms with E-state index in [9.17, 15) is 34.8 Å². The largest absolute Gasteiger partial charge is 0.515 e. The Balaban J connectivity index is 1.65. The van der Waals surface area contributed by atoms with E-state index in [4.69, 9.17) is 0 Å². The second kappa shape index (κ2) is 6.98. The van der Waals surface area contributed by atoms with Crippen molar-refractivity contribution < 1.29 is 39.2 Å². The summed E-state index contributed by atoms with van der Waals surface area (Å²) < 4.78 is 15.5. The lowest BCUT2D eigenvalue weighted by Gasteiger charge is -2.45. The topological polar surface area (TPSA) is 144 Å². The molecule has 0 spiro atoms. The summed E-state index contributed by atoms with van der Waals surface area (Å²) in [6.07, 6.45) is 1.46. The highest BCUT2D eigenvalue weighted by atomic mass is 19.1. The van der Waals surface area contributed by atoms with Gasteiger partial charge in [-0.05, 0) is 44.2 Å². The van der Waals surface area contributed by atoms with E-state index in [-0.39, 0.29) is 53.8 Å². The molecule has 0 bridgehead atoms. The molecule has 9 heteroatoms. The number of carbonyl (C=O) groups excluding carboxylic acids is 3. The minimum absolute atomic E-state index is 0.0105. The second-order valence-electron chi connectivity index (χ2n) is 8.99. The summed E-state index contributed by atoms with van der Waals surface area (Å²) in [5, 5.41) is 45.0. The third-order valence-corrected chi connectivity index (χ3v) is 7.36. The predicted molar refractivity (Wildman–Crippen MR) is 108 cm³/mol. The third-order valence-electron chi connectivity index (χ3n) is 7.36. The number of rotatable bonds is 1. The third kappa shape index (κ3) is 2.58. The van der Waals surface area contributed by atoms with Gasteiger partial charge in [-0.15, -0.1) is 0 Å². The Labute approximate surface area is 182 Å². The minimum atomic E-state index is -2.61. The average molecular weight is 443 g/mol. The van der Waals surface area contributed by atoms with Gasteiger partial charge in [0.15, 0.2) is 11.4 Å². The molecule has 0 radical (unpaired) electrons. The Bertz CT molecular complexity index is 1150. The van der Waals surface area contributed by atoms with Crippen LogP contribution in [0.3, 0.4) is 0 Å². The number of halogens is 1. The Hall–Kier alpha value is -3.04. The number of aliphatic hydroxyl groups is 3. The van der Waals surface area contributed by atoms with Crippen molar-refractivity contribution in [3.05, 3.63) is 46.0 Å². The van der Waals surface area contributed by atoms with E-state index < -0.39 is 57.7 Å². The molecular formula is C23H22FNO7. The predicted octanol–water partition coefficient (Wildman–Crippen LogP) is 1.70. The molecule has 32 heavy (non-hydrogen) atoms. The van der Waals surface area contributed by atoms with Crippen molar-refractivity contribution in [2.24, 2.45) is 11.8 Å². The van der Waals surface area contributed by atoms with Gasteiger partial charge in [-0.2, -0.15) is 0 Å². The number of hydrogen-bond acceptors (Lipinski definition) is 8. The summed E-state index contributed by atoms with van der Waals surface area (Å²) in [4.78, 5) is 38.2. The summed E-state index contributed by atoms with van der Waals surface area (Å²) in [6, 6.07) is 0.963. The smallest absolute Gasteiger partial charge is 0.209 e. The van der Waals surface area contributed by atoms with Crippen LogP contribution in [0.2, 0.25) is 0 Å². The quantitative estimate of drug-likeness (QED) is 0.191. The van der Waals surface area contributed by atoms with Gasteiger partial charge in [0.05, 0.1) is 17.4 Å². The van der Waals surface area contributed by atoms with Crippen molar-refractivity contribution in [2.45, 2.75) is 43.7 Å². The van der Waals surface area contributed by atoms with Crippen molar-refractivity contribution in [1.82, 2.24) is 5.32 Å². The first kappa shape index (κ1) is 20.8. The number of aliphatic hydroxyl groups excluding tert-OH is 2. The molecule has 168 valence electrons. The Kier molecular flexibility index (Phi) is 4.55. The Morgan fingerprint density at radius 3 is 2.56 bits per heavy atom. The lowest BCUT2D eigenvalue weighted by Crippen LogP contribution is -2.62. The molecule has 8 nitrogen and oxygen atoms in total. The molecule has 3 aliphatic carbocycles. The fourth-order valence-corrected chi connectivity index (χ4v) is 5.77. The van der Waals surface area contributed by atoms with Gasteiger partial charge in [0.25, 0.3) is 0 Å². The van der Waals surface area contributed by atoms with Crippen molar-refractivity contribution >= 4 is 23.1 Å². The van der Waals surface area contributed by atoms with E-state index in [0.29, 0.717) is 6.42 Å². The highest BCUT2D eigenvalue weighted by molar-refractivity contribution is 6.34. The highest BCUT2D eigenvalue weighted by Gasteiger charge is 2.62. The standard InChI is InChI=1S/C23H22FNO7/c24-19-11(14-2-1-3-25-14)7-16(28)18-12(19)5-9-4-10-6-15(27)13(8-26)21(30)23(10,32)22(31)17(9)20(18)29/h7-10,14,25-26,28-29,32H,1-6H2/t9?,10-,14?,23+/m0/s1. The maximum atomic E-state index is 15.5. The van der Waals surface area contributed by atoms with Gasteiger partial charge in [-0.3, -0.25) is 14.4 Å². The van der Waals surface area contributed by atoms with Crippen LogP contribution in [0.1, 0.15) is 48.4 Å². The summed E-state index contributed by atoms with van der Waals surface area (Å²) >= 11 is 0. The first-order valence-corrected chi connectivity index (χ1v) is 10.6. The van der Waals surface area contributed by atoms with Gasteiger partial charge in [-0.1, -0.05) is 0 Å². The zero-order chi connectivity index (χ0) is 22.9. The summed E-state index contributed by atoms with van der Waals surface area (Å²) in [5.74, 6) is -6.41. The number of carbonyl (C=O) groups is 3. The molecule has 1 aromatic carbocycles. The molecule has 5 N–H and O–H groups in total. The zero-order valence-electron chi connectivity index (χ0n) is 17.0. The maximum Gasteiger partial charge on any atom is 0.209 e. The monoisotopic (exact) mass is 443 g/mol. The van der Waals surface area contributed by atoms with Crippen LogP contribution in [0.4, 0.5) is 4.39 Å². The van der Waals surface area contributed by atoms with Crippen molar-refractivity contribution in [3.63, 3.8) is 0 Å². The number of ketones is 3. The van der Waals surface area contributed by atoms with Crippen LogP contribution in [-0.2, 0) is 20.8 Å². The van der Waals surface area contributed by atoms with E-state index in [1.165, 1.54) is 6.07 Å². The highest BCUT2D eigenvalue weighted by Crippen LogP contribution is 2.51. The molecule has 0 aromatic heterocycles. The Morgan fingerprint density at radius 2 is 1.91 bits per heavy atom. The van der Waals surface area contributed by atoms with Crippen LogP contribution in [-0.4, -0.2) is 49.9 Å². The SMILES string of the molecule is O=C1C[C@@H]2CC3Cc4c(F)c(C5CCCN5)cc(O)c4C(O)=C3C(=O)[C@]2(O)C(=O)C1=CO. The Morgan fingerprint density at radius 1 is 1.16 bits per heavy atom.